The lowest BCUT2D eigenvalue weighted by atomic mass is 10.2. The molecule has 4 aromatic rings. The Bertz CT molecular complexity index is 955. The summed E-state index contributed by atoms with van der Waals surface area (Å²) in [6.07, 6.45) is 0. The number of benzene rings is 1. The number of methoxy groups -OCH3 is 1. The average molecular weight is 313 g/mol. The van der Waals surface area contributed by atoms with Crippen molar-refractivity contribution in [1.29, 1.82) is 0 Å². The third-order valence-corrected chi connectivity index (χ3v) is 4.12. The lowest BCUT2D eigenvalue weighted by Crippen LogP contribution is -1.92. The largest absolute Gasteiger partial charge is 0.496 e. The van der Waals surface area contributed by atoms with Gasteiger partial charge in [0.05, 0.1) is 12.7 Å². The Hall–Kier alpha value is -2.74. The fourth-order valence-electron chi connectivity index (χ4n) is 2.18. The third-order valence-electron chi connectivity index (χ3n) is 3.19. The van der Waals surface area contributed by atoms with Crippen LogP contribution in [0, 0.1) is 6.92 Å². The molecule has 0 aliphatic heterocycles. The molecule has 0 saturated heterocycles. The van der Waals surface area contributed by atoms with Crippen LogP contribution in [-0.2, 0) is 0 Å². The van der Waals surface area contributed by atoms with Gasteiger partial charge in [0, 0.05) is 6.07 Å². The molecule has 0 aliphatic carbocycles. The number of hydrogen-bond donors (Lipinski definition) is 0. The molecule has 0 saturated carbocycles. The predicted octanol–water partition coefficient (Wildman–Crippen LogP) is 2.82. The van der Waals surface area contributed by atoms with Crippen LogP contribution in [0.3, 0.4) is 0 Å². The summed E-state index contributed by atoms with van der Waals surface area (Å²) >= 11 is 1.44. The molecule has 8 heteroatoms. The van der Waals surface area contributed by atoms with Gasteiger partial charge < -0.3 is 9.26 Å². The molecular formula is C14H11N5O2S. The summed E-state index contributed by atoms with van der Waals surface area (Å²) in [5.41, 5.74) is 1.53. The van der Waals surface area contributed by atoms with Gasteiger partial charge in [-0.25, -0.2) is 0 Å². The van der Waals surface area contributed by atoms with Gasteiger partial charge in [-0.1, -0.05) is 28.6 Å². The van der Waals surface area contributed by atoms with Gasteiger partial charge in [-0.3, -0.25) is 0 Å². The van der Waals surface area contributed by atoms with Gasteiger partial charge in [0.2, 0.25) is 10.8 Å². The van der Waals surface area contributed by atoms with Crippen molar-refractivity contribution in [1.82, 2.24) is 25.0 Å². The van der Waals surface area contributed by atoms with E-state index >= 15 is 0 Å². The highest BCUT2D eigenvalue weighted by atomic mass is 32.1. The zero-order chi connectivity index (χ0) is 15.1. The first kappa shape index (κ1) is 13.0. The molecule has 0 unspecified atom stereocenters. The van der Waals surface area contributed by atoms with Gasteiger partial charge in [0.15, 0.2) is 10.7 Å². The van der Waals surface area contributed by atoms with E-state index < -0.39 is 0 Å². The number of aromatic nitrogens is 5. The summed E-state index contributed by atoms with van der Waals surface area (Å²) in [4.78, 5) is 0.691. The number of aryl methyl sites for hydroxylation is 1. The first-order valence-electron chi connectivity index (χ1n) is 6.55. The molecule has 0 N–H and O–H groups in total. The normalized spacial score (nSPS) is 11.2. The number of rotatable bonds is 3. The van der Waals surface area contributed by atoms with Crippen LogP contribution in [0.25, 0.3) is 27.1 Å². The quantitative estimate of drug-likeness (QED) is 0.579. The van der Waals surface area contributed by atoms with E-state index in [2.05, 4.69) is 20.5 Å². The maximum absolute atomic E-state index is 5.38. The van der Waals surface area contributed by atoms with Crippen LogP contribution in [-0.4, -0.2) is 32.1 Å². The molecule has 0 fully saturated rings. The summed E-state index contributed by atoms with van der Waals surface area (Å²) < 4.78 is 12.1. The van der Waals surface area contributed by atoms with Crippen molar-refractivity contribution in [3.05, 3.63) is 36.1 Å². The molecule has 0 bridgehead atoms. The lowest BCUT2D eigenvalue weighted by molar-refractivity contribution is 0.399. The van der Waals surface area contributed by atoms with Gasteiger partial charge in [0.1, 0.15) is 11.5 Å². The standard InChI is InChI=1S/C14H11N5O2S/c1-8-7-10(18-21-8)12-15-16-14-19(12)17-13(22-14)9-5-3-4-6-11(9)20-2/h3-7H,1-2H3. The molecule has 0 atom stereocenters. The summed E-state index contributed by atoms with van der Waals surface area (Å²) in [6, 6.07) is 9.54. The van der Waals surface area contributed by atoms with E-state index in [0.717, 1.165) is 16.3 Å². The monoisotopic (exact) mass is 313 g/mol. The van der Waals surface area contributed by atoms with E-state index in [1.54, 1.807) is 17.7 Å². The Balaban J connectivity index is 1.87. The first-order valence-corrected chi connectivity index (χ1v) is 7.37. The van der Waals surface area contributed by atoms with E-state index in [1.165, 1.54) is 11.3 Å². The molecule has 3 heterocycles. The minimum Gasteiger partial charge on any atom is -0.496 e. The van der Waals surface area contributed by atoms with Crippen LogP contribution in [0.15, 0.2) is 34.9 Å². The van der Waals surface area contributed by atoms with Crippen molar-refractivity contribution in [3.8, 4) is 27.8 Å². The summed E-state index contributed by atoms with van der Waals surface area (Å²) in [7, 11) is 1.64. The fraction of sp³-hybridized carbons (Fsp3) is 0.143. The highest BCUT2D eigenvalue weighted by Gasteiger charge is 2.18. The first-order chi connectivity index (χ1) is 10.8. The number of nitrogens with zero attached hydrogens (tertiary/aromatic N) is 5. The van der Waals surface area contributed by atoms with Gasteiger partial charge in [0.25, 0.3) is 0 Å². The van der Waals surface area contributed by atoms with Crippen LogP contribution in [0.2, 0.25) is 0 Å². The van der Waals surface area contributed by atoms with Gasteiger partial charge in [-0.2, -0.15) is 9.61 Å². The second-order valence-electron chi connectivity index (χ2n) is 4.65. The summed E-state index contributed by atoms with van der Waals surface area (Å²) in [6.45, 7) is 1.83. The van der Waals surface area contributed by atoms with Crippen LogP contribution in [0.1, 0.15) is 5.76 Å². The maximum atomic E-state index is 5.38. The van der Waals surface area contributed by atoms with Crippen molar-refractivity contribution < 1.29 is 9.26 Å². The molecule has 0 spiro atoms. The highest BCUT2D eigenvalue weighted by Crippen LogP contribution is 2.33. The molecule has 1 aromatic carbocycles. The number of para-hydroxylation sites is 1. The van der Waals surface area contributed by atoms with Crippen molar-refractivity contribution in [3.63, 3.8) is 0 Å². The van der Waals surface area contributed by atoms with Crippen LogP contribution in [0.4, 0.5) is 0 Å². The fourth-order valence-corrected chi connectivity index (χ4v) is 3.05. The van der Waals surface area contributed by atoms with Crippen LogP contribution in [0.5, 0.6) is 5.75 Å². The average Bonchev–Trinajstić information content (AvgIpc) is 3.22. The molecule has 0 radical (unpaired) electrons. The second-order valence-corrected chi connectivity index (χ2v) is 5.60. The maximum Gasteiger partial charge on any atom is 0.235 e. The van der Waals surface area contributed by atoms with Gasteiger partial charge in [-0.15, -0.1) is 10.2 Å². The van der Waals surface area contributed by atoms with Crippen molar-refractivity contribution >= 4 is 16.3 Å². The molecular weight excluding hydrogens is 302 g/mol. The van der Waals surface area contributed by atoms with Crippen LogP contribution >= 0.6 is 11.3 Å². The number of ether oxygens (including phenoxy) is 1. The number of hydrogen-bond acceptors (Lipinski definition) is 7. The third kappa shape index (κ3) is 1.96. The molecule has 22 heavy (non-hydrogen) atoms. The minimum atomic E-state index is 0.559. The van der Waals surface area contributed by atoms with Crippen molar-refractivity contribution in [2.45, 2.75) is 6.92 Å². The van der Waals surface area contributed by atoms with Gasteiger partial charge in [-0.05, 0) is 19.1 Å². The van der Waals surface area contributed by atoms with E-state index in [-0.39, 0.29) is 0 Å². The number of fused-ring (bicyclic) bond motifs is 1. The Morgan fingerprint density at radius 3 is 2.86 bits per heavy atom. The zero-order valence-electron chi connectivity index (χ0n) is 11.8. The Morgan fingerprint density at radius 1 is 1.23 bits per heavy atom. The minimum absolute atomic E-state index is 0.559. The molecule has 0 amide bonds. The predicted molar refractivity (Wildman–Crippen MR) is 80.9 cm³/mol. The van der Waals surface area contributed by atoms with Gasteiger partial charge >= 0.3 is 0 Å². The molecule has 7 nitrogen and oxygen atoms in total. The van der Waals surface area contributed by atoms with E-state index in [1.807, 2.05) is 31.2 Å². The smallest absolute Gasteiger partial charge is 0.235 e. The summed E-state index contributed by atoms with van der Waals surface area (Å²) in [5, 5.41) is 17.6. The Kier molecular flexibility index (Phi) is 2.90. The molecule has 3 aromatic heterocycles. The Labute approximate surface area is 129 Å². The molecule has 110 valence electrons. The van der Waals surface area contributed by atoms with Crippen LogP contribution < -0.4 is 4.74 Å². The second kappa shape index (κ2) is 4.92. The Morgan fingerprint density at radius 2 is 2.09 bits per heavy atom. The topological polar surface area (TPSA) is 78.3 Å². The van der Waals surface area contributed by atoms with E-state index in [9.17, 15) is 0 Å². The van der Waals surface area contributed by atoms with Crippen molar-refractivity contribution in [2.24, 2.45) is 0 Å². The highest BCUT2D eigenvalue weighted by molar-refractivity contribution is 7.19. The lowest BCUT2D eigenvalue weighted by Gasteiger charge is -2.03. The zero-order valence-corrected chi connectivity index (χ0v) is 12.7. The SMILES string of the molecule is COc1ccccc1-c1nn2c(-c3cc(C)on3)nnc2s1. The van der Waals surface area contributed by atoms with Crippen molar-refractivity contribution in [2.75, 3.05) is 7.11 Å². The molecule has 0 aliphatic rings. The van der Waals surface area contributed by atoms with E-state index in [0.29, 0.717) is 22.2 Å². The summed E-state index contributed by atoms with van der Waals surface area (Å²) in [5.74, 6) is 2.04. The van der Waals surface area contributed by atoms with E-state index in [4.69, 9.17) is 9.26 Å². The molecule has 4 rings (SSSR count).